The fourth-order valence-corrected chi connectivity index (χ4v) is 3.98. The summed E-state index contributed by atoms with van der Waals surface area (Å²) in [6, 6.07) is 10.8. The average Bonchev–Trinajstić information content (AvgIpc) is 3.17. The highest BCUT2D eigenvalue weighted by Crippen LogP contribution is 2.40. The molecule has 29 heavy (non-hydrogen) atoms. The Bertz CT molecular complexity index is 962. The van der Waals surface area contributed by atoms with Gasteiger partial charge in [0.15, 0.2) is 5.13 Å². The average molecular weight is 416 g/mol. The van der Waals surface area contributed by atoms with Gasteiger partial charge in [-0.05, 0) is 44.4 Å². The number of carbonyl (C=O) groups is 1. The highest BCUT2D eigenvalue weighted by molar-refractivity contribution is 7.22. The molecule has 1 aromatic heterocycles. The maximum Gasteiger partial charge on any atom is 0.260 e. The molecule has 0 N–H and O–H groups in total. The molecular formula is C21H25N3O4S. The number of rotatable bonds is 8. The van der Waals surface area contributed by atoms with E-state index >= 15 is 0 Å². The van der Waals surface area contributed by atoms with Gasteiger partial charge in [-0.3, -0.25) is 9.69 Å². The lowest BCUT2D eigenvalue weighted by Crippen LogP contribution is -2.36. The molecule has 3 rings (SSSR count). The van der Waals surface area contributed by atoms with Crippen molar-refractivity contribution in [3.63, 3.8) is 0 Å². The van der Waals surface area contributed by atoms with Crippen molar-refractivity contribution < 1.29 is 19.0 Å². The van der Waals surface area contributed by atoms with Crippen LogP contribution in [0.3, 0.4) is 0 Å². The Labute approximate surface area is 174 Å². The van der Waals surface area contributed by atoms with Gasteiger partial charge in [0.1, 0.15) is 27.5 Å². The number of fused-ring (bicyclic) bond motifs is 1. The van der Waals surface area contributed by atoms with Crippen LogP contribution in [0.1, 0.15) is 10.4 Å². The summed E-state index contributed by atoms with van der Waals surface area (Å²) in [5.74, 6) is 1.84. The largest absolute Gasteiger partial charge is 0.497 e. The van der Waals surface area contributed by atoms with Crippen LogP contribution in [0.25, 0.3) is 10.2 Å². The predicted octanol–water partition coefficient (Wildman–Crippen LogP) is 3.53. The van der Waals surface area contributed by atoms with E-state index in [2.05, 4.69) is 0 Å². The topological polar surface area (TPSA) is 64.1 Å². The summed E-state index contributed by atoms with van der Waals surface area (Å²) in [6.45, 7) is 1.19. The van der Waals surface area contributed by atoms with Crippen LogP contribution < -0.4 is 19.1 Å². The lowest BCUT2D eigenvalue weighted by molar-refractivity contribution is 0.0985. The molecule has 0 unspecified atom stereocenters. The van der Waals surface area contributed by atoms with Gasteiger partial charge in [0, 0.05) is 18.7 Å². The van der Waals surface area contributed by atoms with Crippen molar-refractivity contribution in [1.82, 2.24) is 9.88 Å². The Morgan fingerprint density at radius 1 is 1.00 bits per heavy atom. The molecule has 0 aliphatic rings. The molecule has 0 fully saturated rings. The Morgan fingerprint density at radius 2 is 1.72 bits per heavy atom. The van der Waals surface area contributed by atoms with Crippen molar-refractivity contribution in [3.8, 4) is 17.2 Å². The third kappa shape index (κ3) is 4.44. The van der Waals surface area contributed by atoms with Gasteiger partial charge in [0.05, 0.1) is 21.3 Å². The SMILES string of the molecule is COc1cccc(C(=O)N(CCN(C)C)c2nc3c(OC)ccc(OC)c3s2)c1. The Kier molecular flexibility index (Phi) is 6.56. The van der Waals surface area contributed by atoms with Crippen LogP contribution in [-0.2, 0) is 0 Å². The molecule has 1 heterocycles. The maximum absolute atomic E-state index is 13.4. The smallest absolute Gasteiger partial charge is 0.260 e. The van der Waals surface area contributed by atoms with Crippen molar-refractivity contribution in [2.75, 3.05) is 53.4 Å². The molecule has 0 spiro atoms. The third-order valence-electron chi connectivity index (χ3n) is 4.46. The number of ether oxygens (including phenoxy) is 3. The van der Waals surface area contributed by atoms with Gasteiger partial charge in [0.2, 0.25) is 0 Å². The summed E-state index contributed by atoms with van der Waals surface area (Å²) in [5.41, 5.74) is 1.22. The van der Waals surface area contributed by atoms with E-state index in [1.165, 1.54) is 11.3 Å². The fraction of sp³-hybridized carbons (Fsp3) is 0.333. The van der Waals surface area contributed by atoms with Gasteiger partial charge < -0.3 is 19.1 Å². The van der Waals surface area contributed by atoms with Crippen LogP contribution in [0, 0.1) is 0 Å². The second-order valence-corrected chi connectivity index (χ2v) is 7.61. The van der Waals surface area contributed by atoms with Gasteiger partial charge in [-0.15, -0.1) is 0 Å². The molecule has 0 aliphatic heterocycles. The number of likely N-dealkylation sites (N-methyl/N-ethyl adjacent to an activating group) is 1. The second-order valence-electron chi connectivity index (χ2n) is 6.64. The molecule has 0 aliphatic carbocycles. The molecule has 154 valence electrons. The summed E-state index contributed by atoms with van der Waals surface area (Å²) >= 11 is 1.41. The first kappa shape index (κ1) is 20.9. The minimum absolute atomic E-state index is 0.136. The quantitative estimate of drug-likeness (QED) is 0.561. The molecule has 1 amide bonds. The van der Waals surface area contributed by atoms with Crippen LogP contribution in [-0.4, -0.2) is 64.3 Å². The minimum atomic E-state index is -0.136. The van der Waals surface area contributed by atoms with E-state index < -0.39 is 0 Å². The fourth-order valence-electron chi connectivity index (χ4n) is 2.89. The number of aromatic nitrogens is 1. The molecule has 8 heteroatoms. The summed E-state index contributed by atoms with van der Waals surface area (Å²) in [7, 11) is 8.74. The van der Waals surface area contributed by atoms with Gasteiger partial charge in [0.25, 0.3) is 5.91 Å². The number of anilines is 1. The van der Waals surface area contributed by atoms with Crippen LogP contribution in [0.5, 0.6) is 17.2 Å². The number of benzene rings is 2. The molecule has 0 atom stereocenters. The zero-order chi connectivity index (χ0) is 21.0. The minimum Gasteiger partial charge on any atom is -0.497 e. The van der Waals surface area contributed by atoms with E-state index in [4.69, 9.17) is 19.2 Å². The summed E-state index contributed by atoms with van der Waals surface area (Å²) in [5, 5.41) is 0.595. The van der Waals surface area contributed by atoms with Gasteiger partial charge in [-0.1, -0.05) is 17.4 Å². The van der Waals surface area contributed by atoms with Crippen molar-refractivity contribution in [3.05, 3.63) is 42.0 Å². The molecule has 0 saturated heterocycles. The normalized spacial score (nSPS) is 11.0. The van der Waals surface area contributed by atoms with Crippen molar-refractivity contribution in [1.29, 1.82) is 0 Å². The van der Waals surface area contributed by atoms with E-state index in [0.29, 0.717) is 46.5 Å². The standard InChI is InChI=1S/C21H25N3O4S/c1-23(2)11-12-24(20(25)14-7-6-8-15(13-14)26-3)21-22-18-16(27-4)9-10-17(28-5)19(18)29-21/h6-10,13H,11-12H2,1-5H3. The number of amides is 1. The first-order valence-corrected chi connectivity index (χ1v) is 9.92. The first-order valence-electron chi connectivity index (χ1n) is 9.10. The molecule has 3 aromatic rings. The lowest BCUT2D eigenvalue weighted by Gasteiger charge is -2.22. The summed E-state index contributed by atoms with van der Waals surface area (Å²) < 4.78 is 17.0. The second kappa shape index (κ2) is 9.11. The molecule has 0 saturated carbocycles. The van der Waals surface area contributed by atoms with E-state index in [9.17, 15) is 4.79 Å². The molecule has 2 aromatic carbocycles. The first-order chi connectivity index (χ1) is 14.0. The molecule has 0 radical (unpaired) electrons. The van der Waals surface area contributed by atoms with E-state index in [-0.39, 0.29) is 5.91 Å². The zero-order valence-electron chi connectivity index (χ0n) is 17.3. The monoisotopic (exact) mass is 415 g/mol. The maximum atomic E-state index is 13.4. The van der Waals surface area contributed by atoms with Crippen LogP contribution in [0.15, 0.2) is 36.4 Å². The lowest BCUT2D eigenvalue weighted by atomic mass is 10.2. The van der Waals surface area contributed by atoms with Crippen LogP contribution >= 0.6 is 11.3 Å². The van der Waals surface area contributed by atoms with Crippen LogP contribution in [0.2, 0.25) is 0 Å². The number of thiazole rings is 1. The van der Waals surface area contributed by atoms with Crippen LogP contribution in [0.4, 0.5) is 5.13 Å². The third-order valence-corrected chi connectivity index (χ3v) is 5.56. The number of hydrogen-bond acceptors (Lipinski definition) is 7. The summed E-state index contributed by atoms with van der Waals surface area (Å²) in [4.78, 5) is 21.8. The van der Waals surface area contributed by atoms with E-state index in [1.807, 2.05) is 37.2 Å². The van der Waals surface area contributed by atoms with Crippen molar-refractivity contribution in [2.45, 2.75) is 0 Å². The molecule has 7 nitrogen and oxygen atoms in total. The zero-order valence-corrected chi connectivity index (χ0v) is 18.1. The number of hydrogen-bond donors (Lipinski definition) is 0. The molecular weight excluding hydrogens is 390 g/mol. The Hall–Kier alpha value is -2.84. The number of carbonyl (C=O) groups excluding carboxylic acids is 1. The number of nitrogens with zero attached hydrogens (tertiary/aromatic N) is 3. The van der Waals surface area contributed by atoms with Crippen molar-refractivity contribution >= 4 is 32.6 Å². The van der Waals surface area contributed by atoms with E-state index in [1.54, 1.807) is 44.4 Å². The predicted molar refractivity (Wildman–Crippen MR) is 116 cm³/mol. The van der Waals surface area contributed by atoms with Gasteiger partial charge >= 0.3 is 0 Å². The Morgan fingerprint density at radius 3 is 2.38 bits per heavy atom. The van der Waals surface area contributed by atoms with Gasteiger partial charge in [-0.2, -0.15) is 0 Å². The van der Waals surface area contributed by atoms with Crippen molar-refractivity contribution in [2.24, 2.45) is 0 Å². The highest BCUT2D eigenvalue weighted by atomic mass is 32.1. The Balaban J connectivity index is 2.07. The molecule has 0 bridgehead atoms. The number of methoxy groups -OCH3 is 3. The highest BCUT2D eigenvalue weighted by Gasteiger charge is 2.24. The van der Waals surface area contributed by atoms with Gasteiger partial charge in [-0.25, -0.2) is 4.98 Å². The van der Waals surface area contributed by atoms with E-state index in [0.717, 1.165) is 4.70 Å². The summed E-state index contributed by atoms with van der Waals surface area (Å²) in [6.07, 6.45) is 0.